The van der Waals surface area contributed by atoms with Gasteiger partial charge >= 0.3 is 0 Å². The van der Waals surface area contributed by atoms with Crippen LogP contribution in [-0.4, -0.2) is 43.1 Å². The van der Waals surface area contributed by atoms with Crippen LogP contribution >= 0.6 is 0 Å². The van der Waals surface area contributed by atoms with E-state index in [1.54, 1.807) is 26.5 Å². The summed E-state index contributed by atoms with van der Waals surface area (Å²) in [6, 6.07) is 9.24. The lowest BCUT2D eigenvalue weighted by Gasteiger charge is -2.20. The second-order valence-electron chi connectivity index (χ2n) is 6.33. The van der Waals surface area contributed by atoms with Crippen molar-refractivity contribution in [2.45, 2.75) is 25.7 Å². The van der Waals surface area contributed by atoms with Gasteiger partial charge in [0.15, 0.2) is 11.5 Å². The summed E-state index contributed by atoms with van der Waals surface area (Å²) in [5.74, 6) is 1.32. The van der Waals surface area contributed by atoms with E-state index < -0.39 is 0 Å². The number of carbonyl (C=O) groups is 1. The zero-order chi connectivity index (χ0) is 18.4. The van der Waals surface area contributed by atoms with E-state index in [-0.39, 0.29) is 5.91 Å². The van der Waals surface area contributed by atoms with E-state index in [2.05, 4.69) is 10.3 Å². The summed E-state index contributed by atoms with van der Waals surface area (Å²) in [4.78, 5) is 18.9. The molecule has 0 bridgehead atoms. The van der Waals surface area contributed by atoms with E-state index in [0.29, 0.717) is 17.2 Å². The molecule has 0 unspecified atom stereocenters. The maximum absolute atomic E-state index is 12.7. The Kier molecular flexibility index (Phi) is 5.94. The van der Waals surface area contributed by atoms with Crippen molar-refractivity contribution in [3.05, 3.63) is 42.2 Å². The number of hydrogen-bond acceptors (Lipinski definition) is 5. The molecule has 1 aliphatic heterocycles. The summed E-state index contributed by atoms with van der Waals surface area (Å²) in [5.41, 5.74) is 2.13. The van der Waals surface area contributed by atoms with Gasteiger partial charge in [-0.15, -0.1) is 0 Å². The van der Waals surface area contributed by atoms with Gasteiger partial charge in [0, 0.05) is 36.7 Å². The molecule has 6 nitrogen and oxygen atoms in total. The highest BCUT2D eigenvalue weighted by Gasteiger charge is 2.18. The molecule has 1 aromatic heterocycles. The SMILES string of the molecule is COc1ccc(Nc2ccnc(C(=O)N3CCCCCC3)c2)cc1OC. The first-order valence-corrected chi connectivity index (χ1v) is 8.95. The molecule has 1 amide bonds. The van der Waals surface area contributed by atoms with E-state index in [4.69, 9.17) is 9.47 Å². The van der Waals surface area contributed by atoms with Crippen molar-refractivity contribution in [2.75, 3.05) is 32.6 Å². The Morgan fingerprint density at radius 1 is 0.962 bits per heavy atom. The average Bonchev–Trinajstić information content (AvgIpc) is 2.97. The molecule has 2 aromatic rings. The van der Waals surface area contributed by atoms with E-state index in [1.165, 1.54) is 12.8 Å². The number of nitrogens with zero attached hydrogens (tertiary/aromatic N) is 2. The smallest absolute Gasteiger partial charge is 0.272 e. The van der Waals surface area contributed by atoms with Crippen molar-refractivity contribution in [3.63, 3.8) is 0 Å². The molecular formula is C20H25N3O3. The number of aromatic nitrogens is 1. The molecule has 1 saturated heterocycles. The number of benzene rings is 1. The Morgan fingerprint density at radius 3 is 2.35 bits per heavy atom. The van der Waals surface area contributed by atoms with Gasteiger partial charge in [0.1, 0.15) is 5.69 Å². The fourth-order valence-corrected chi connectivity index (χ4v) is 3.14. The Hall–Kier alpha value is -2.76. The first kappa shape index (κ1) is 18.0. The Balaban J connectivity index is 1.76. The molecule has 0 spiro atoms. The summed E-state index contributed by atoms with van der Waals surface area (Å²) in [7, 11) is 3.21. The summed E-state index contributed by atoms with van der Waals surface area (Å²) in [6.07, 6.45) is 6.18. The molecule has 0 radical (unpaired) electrons. The van der Waals surface area contributed by atoms with Gasteiger partial charge in [-0.2, -0.15) is 0 Å². The fraction of sp³-hybridized carbons (Fsp3) is 0.400. The van der Waals surface area contributed by atoms with Gasteiger partial charge in [0.05, 0.1) is 14.2 Å². The van der Waals surface area contributed by atoms with E-state index in [1.807, 2.05) is 29.2 Å². The highest BCUT2D eigenvalue weighted by molar-refractivity contribution is 5.93. The third kappa shape index (κ3) is 4.25. The van der Waals surface area contributed by atoms with Gasteiger partial charge in [-0.1, -0.05) is 12.8 Å². The van der Waals surface area contributed by atoms with Crippen molar-refractivity contribution >= 4 is 17.3 Å². The van der Waals surface area contributed by atoms with Crippen molar-refractivity contribution in [2.24, 2.45) is 0 Å². The maximum atomic E-state index is 12.7. The van der Waals surface area contributed by atoms with Gasteiger partial charge in [0.25, 0.3) is 5.91 Å². The number of pyridine rings is 1. The zero-order valence-corrected chi connectivity index (χ0v) is 15.3. The van der Waals surface area contributed by atoms with Crippen LogP contribution in [0.1, 0.15) is 36.2 Å². The molecule has 26 heavy (non-hydrogen) atoms. The zero-order valence-electron chi connectivity index (χ0n) is 15.3. The molecule has 1 N–H and O–H groups in total. The standard InChI is InChI=1S/C20H25N3O3/c1-25-18-8-7-15(14-19(18)26-2)22-16-9-10-21-17(13-16)20(24)23-11-5-3-4-6-12-23/h7-10,13-14H,3-6,11-12H2,1-2H3,(H,21,22). The summed E-state index contributed by atoms with van der Waals surface area (Å²) >= 11 is 0. The summed E-state index contributed by atoms with van der Waals surface area (Å²) < 4.78 is 10.6. The third-order valence-corrected chi connectivity index (χ3v) is 4.54. The first-order valence-electron chi connectivity index (χ1n) is 8.95. The molecule has 1 aromatic carbocycles. The molecule has 3 rings (SSSR count). The van der Waals surface area contributed by atoms with Crippen LogP contribution in [0.4, 0.5) is 11.4 Å². The van der Waals surface area contributed by atoms with Crippen molar-refractivity contribution in [3.8, 4) is 11.5 Å². The molecule has 0 saturated carbocycles. The predicted molar refractivity (Wildman–Crippen MR) is 101 cm³/mol. The van der Waals surface area contributed by atoms with Crippen LogP contribution in [-0.2, 0) is 0 Å². The Bertz CT molecular complexity index is 756. The number of amides is 1. The van der Waals surface area contributed by atoms with Crippen LogP contribution in [0.5, 0.6) is 11.5 Å². The molecule has 0 aliphatic carbocycles. The molecule has 1 fully saturated rings. The second kappa shape index (κ2) is 8.56. The normalized spacial score (nSPS) is 14.5. The molecule has 6 heteroatoms. The van der Waals surface area contributed by atoms with Gasteiger partial charge in [-0.05, 0) is 37.1 Å². The number of ether oxygens (including phenoxy) is 2. The second-order valence-corrected chi connectivity index (χ2v) is 6.33. The minimum absolute atomic E-state index is 0.00265. The third-order valence-electron chi connectivity index (χ3n) is 4.54. The fourth-order valence-electron chi connectivity index (χ4n) is 3.14. The quantitative estimate of drug-likeness (QED) is 0.882. The van der Waals surface area contributed by atoms with E-state index >= 15 is 0 Å². The number of anilines is 2. The molecular weight excluding hydrogens is 330 g/mol. The van der Waals surface area contributed by atoms with Gasteiger partial charge in [0.2, 0.25) is 0 Å². The molecule has 1 aliphatic rings. The van der Waals surface area contributed by atoms with Gasteiger partial charge < -0.3 is 19.7 Å². The lowest BCUT2D eigenvalue weighted by molar-refractivity contribution is 0.0756. The van der Waals surface area contributed by atoms with Crippen LogP contribution in [0, 0.1) is 0 Å². The van der Waals surface area contributed by atoms with Crippen LogP contribution in [0.15, 0.2) is 36.5 Å². The van der Waals surface area contributed by atoms with Crippen LogP contribution in [0.3, 0.4) is 0 Å². The van der Waals surface area contributed by atoms with E-state index in [0.717, 1.165) is 37.3 Å². The Labute approximate surface area is 154 Å². The molecule has 2 heterocycles. The monoisotopic (exact) mass is 355 g/mol. The van der Waals surface area contributed by atoms with Gasteiger partial charge in [-0.25, -0.2) is 0 Å². The number of rotatable bonds is 5. The lowest BCUT2D eigenvalue weighted by Crippen LogP contribution is -2.32. The number of methoxy groups -OCH3 is 2. The number of likely N-dealkylation sites (tertiary alicyclic amines) is 1. The minimum atomic E-state index is 0.00265. The minimum Gasteiger partial charge on any atom is -0.493 e. The summed E-state index contributed by atoms with van der Waals surface area (Å²) in [6.45, 7) is 1.63. The molecule has 0 atom stereocenters. The van der Waals surface area contributed by atoms with Crippen molar-refractivity contribution in [1.29, 1.82) is 0 Å². The van der Waals surface area contributed by atoms with Crippen LogP contribution < -0.4 is 14.8 Å². The van der Waals surface area contributed by atoms with Crippen molar-refractivity contribution < 1.29 is 14.3 Å². The number of nitrogens with one attached hydrogen (secondary N) is 1. The van der Waals surface area contributed by atoms with Crippen molar-refractivity contribution in [1.82, 2.24) is 9.88 Å². The first-order chi connectivity index (χ1) is 12.7. The predicted octanol–water partition coefficient (Wildman–Crippen LogP) is 3.86. The number of carbonyl (C=O) groups excluding carboxylic acids is 1. The van der Waals surface area contributed by atoms with Crippen LogP contribution in [0.25, 0.3) is 0 Å². The highest BCUT2D eigenvalue weighted by Crippen LogP contribution is 2.31. The number of hydrogen-bond donors (Lipinski definition) is 1. The topological polar surface area (TPSA) is 63.7 Å². The summed E-state index contributed by atoms with van der Waals surface area (Å²) in [5, 5.41) is 3.29. The van der Waals surface area contributed by atoms with Gasteiger partial charge in [-0.3, -0.25) is 9.78 Å². The average molecular weight is 355 g/mol. The maximum Gasteiger partial charge on any atom is 0.272 e. The Morgan fingerprint density at radius 2 is 1.65 bits per heavy atom. The molecule has 138 valence electrons. The van der Waals surface area contributed by atoms with E-state index in [9.17, 15) is 4.79 Å². The lowest BCUT2D eigenvalue weighted by atomic mass is 10.2. The highest BCUT2D eigenvalue weighted by atomic mass is 16.5. The largest absolute Gasteiger partial charge is 0.493 e. The van der Waals surface area contributed by atoms with Crippen LogP contribution in [0.2, 0.25) is 0 Å².